The summed E-state index contributed by atoms with van der Waals surface area (Å²) in [6.07, 6.45) is 4.38. The zero-order chi connectivity index (χ0) is 13.8. The Labute approximate surface area is 118 Å². The van der Waals surface area contributed by atoms with Crippen LogP contribution in [-0.2, 0) is 13.5 Å². The Hall–Kier alpha value is -1.89. The molecule has 6 nitrogen and oxygen atoms in total. The zero-order valence-corrected chi connectivity index (χ0v) is 11.8. The van der Waals surface area contributed by atoms with Crippen molar-refractivity contribution in [1.82, 2.24) is 9.78 Å². The third-order valence-electron chi connectivity index (χ3n) is 2.53. The minimum absolute atomic E-state index is 0.0135. The van der Waals surface area contributed by atoms with E-state index in [1.54, 1.807) is 16.9 Å². The molecule has 7 heteroatoms. The molecule has 0 spiro atoms. The van der Waals surface area contributed by atoms with E-state index in [2.05, 4.69) is 21.0 Å². The van der Waals surface area contributed by atoms with Gasteiger partial charge in [-0.25, -0.2) is 0 Å². The molecule has 0 N–H and O–H groups in total. The van der Waals surface area contributed by atoms with Crippen molar-refractivity contribution in [2.24, 2.45) is 7.05 Å². The number of ether oxygens (including phenoxy) is 1. The van der Waals surface area contributed by atoms with E-state index in [-0.39, 0.29) is 5.69 Å². The van der Waals surface area contributed by atoms with E-state index in [9.17, 15) is 10.1 Å². The van der Waals surface area contributed by atoms with Gasteiger partial charge in [-0.1, -0.05) is 0 Å². The zero-order valence-electron chi connectivity index (χ0n) is 10.2. The molecule has 0 fully saturated rings. The molecule has 0 bridgehead atoms. The van der Waals surface area contributed by atoms with E-state index in [1.165, 1.54) is 12.1 Å². The summed E-state index contributed by atoms with van der Waals surface area (Å²) in [5, 5.41) is 14.7. The van der Waals surface area contributed by atoms with Crippen LogP contribution < -0.4 is 4.74 Å². The molecule has 2 rings (SSSR count). The van der Waals surface area contributed by atoms with Gasteiger partial charge in [-0.15, -0.1) is 0 Å². The molecule has 0 radical (unpaired) electrons. The lowest BCUT2D eigenvalue weighted by molar-refractivity contribution is -0.385. The molecule has 0 saturated heterocycles. The first kappa shape index (κ1) is 13.5. The van der Waals surface area contributed by atoms with Crippen LogP contribution in [0.15, 0.2) is 35.1 Å². The number of nitrogens with zero attached hydrogens (tertiary/aromatic N) is 3. The van der Waals surface area contributed by atoms with Gasteiger partial charge in [-0.05, 0) is 27.6 Å². The number of aryl methyl sites for hydroxylation is 1. The molecule has 1 heterocycles. The lowest BCUT2D eigenvalue weighted by Crippen LogP contribution is -2.02. The second-order valence-corrected chi connectivity index (χ2v) is 4.85. The van der Waals surface area contributed by atoms with E-state index < -0.39 is 4.92 Å². The molecule has 0 saturated carbocycles. The van der Waals surface area contributed by atoms with Crippen molar-refractivity contribution < 1.29 is 9.66 Å². The van der Waals surface area contributed by atoms with E-state index in [1.807, 2.05) is 13.2 Å². The van der Waals surface area contributed by atoms with Gasteiger partial charge in [0.05, 0.1) is 28.3 Å². The van der Waals surface area contributed by atoms with Gasteiger partial charge in [0.1, 0.15) is 5.75 Å². The summed E-state index contributed by atoms with van der Waals surface area (Å²) in [5.74, 6) is 0.470. The largest absolute Gasteiger partial charge is 0.492 e. The topological polar surface area (TPSA) is 70.2 Å². The maximum absolute atomic E-state index is 10.7. The third-order valence-corrected chi connectivity index (χ3v) is 3.19. The Balaban J connectivity index is 1.99. The number of nitro benzene ring substituents is 1. The van der Waals surface area contributed by atoms with Crippen LogP contribution in [0, 0.1) is 10.1 Å². The van der Waals surface area contributed by atoms with Gasteiger partial charge in [0.15, 0.2) is 0 Å². The maximum Gasteiger partial charge on any atom is 0.273 e. The standard InChI is InChI=1S/C12H12BrN3O3/c1-15-8-9(7-14-15)4-5-19-12-6-10(16(17)18)2-3-11(12)13/h2-3,6-8H,4-5H2,1H3. The smallest absolute Gasteiger partial charge is 0.273 e. The van der Waals surface area contributed by atoms with Crippen molar-refractivity contribution in [3.8, 4) is 5.75 Å². The van der Waals surface area contributed by atoms with E-state index in [0.29, 0.717) is 23.2 Å². The molecule has 0 unspecified atom stereocenters. The van der Waals surface area contributed by atoms with Crippen molar-refractivity contribution in [3.05, 3.63) is 50.7 Å². The maximum atomic E-state index is 10.7. The molecule has 0 aliphatic rings. The van der Waals surface area contributed by atoms with Gasteiger partial charge in [0, 0.05) is 25.7 Å². The number of non-ortho nitro benzene ring substituents is 1. The Kier molecular flexibility index (Phi) is 4.16. The monoisotopic (exact) mass is 325 g/mol. The Bertz CT molecular complexity index is 598. The predicted molar refractivity (Wildman–Crippen MR) is 73.2 cm³/mol. The lowest BCUT2D eigenvalue weighted by Gasteiger charge is -2.07. The van der Waals surface area contributed by atoms with Gasteiger partial charge in [0.25, 0.3) is 5.69 Å². The lowest BCUT2D eigenvalue weighted by atomic mass is 10.2. The number of hydrogen-bond acceptors (Lipinski definition) is 4. The third kappa shape index (κ3) is 3.54. The Morgan fingerprint density at radius 1 is 1.53 bits per heavy atom. The summed E-state index contributed by atoms with van der Waals surface area (Å²) < 4.78 is 7.97. The van der Waals surface area contributed by atoms with Crippen LogP contribution in [0.1, 0.15) is 5.56 Å². The van der Waals surface area contributed by atoms with Crippen molar-refractivity contribution >= 4 is 21.6 Å². The van der Waals surface area contributed by atoms with Crippen LogP contribution in [0.25, 0.3) is 0 Å². The van der Waals surface area contributed by atoms with E-state index in [0.717, 1.165) is 5.56 Å². The van der Waals surface area contributed by atoms with Crippen LogP contribution in [0.4, 0.5) is 5.69 Å². The van der Waals surface area contributed by atoms with Crippen molar-refractivity contribution in [2.75, 3.05) is 6.61 Å². The van der Waals surface area contributed by atoms with Gasteiger partial charge in [0.2, 0.25) is 0 Å². The highest BCUT2D eigenvalue weighted by Gasteiger charge is 2.10. The second kappa shape index (κ2) is 5.83. The quantitative estimate of drug-likeness (QED) is 0.626. The summed E-state index contributed by atoms with van der Waals surface area (Å²) >= 11 is 3.31. The van der Waals surface area contributed by atoms with Crippen molar-refractivity contribution in [2.45, 2.75) is 6.42 Å². The Morgan fingerprint density at radius 2 is 2.32 bits per heavy atom. The number of benzene rings is 1. The molecule has 100 valence electrons. The summed E-state index contributed by atoms with van der Waals surface area (Å²) in [5.41, 5.74) is 1.07. The first-order valence-electron chi connectivity index (χ1n) is 5.60. The summed E-state index contributed by atoms with van der Waals surface area (Å²) in [6, 6.07) is 4.45. The van der Waals surface area contributed by atoms with Crippen LogP contribution in [-0.4, -0.2) is 21.3 Å². The Morgan fingerprint density at radius 3 is 2.95 bits per heavy atom. The number of nitro groups is 1. The minimum Gasteiger partial charge on any atom is -0.492 e. The highest BCUT2D eigenvalue weighted by atomic mass is 79.9. The molecule has 0 amide bonds. The summed E-state index contributed by atoms with van der Waals surface area (Å²) in [7, 11) is 1.85. The average molecular weight is 326 g/mol. The molecule has 2 aromatic rings. The first-order chi connectivity index (χ1) is 9.06. The van der Waals surface area contributed by atoms with Crippen LogP contribution in [0.3, 0.4) is 0 Å². The number of aromatic nitrogens is 2. The van der Waals surface area contributed by atoms with Crippen molar-refractivity contribution in [1.29, 1.82) is 0 Å². The number of hydrogen-bond donors (Lipinski definition) is 0. The SMILES string of the molecule is Cn1cc(CCOc2cc([N+](=O)[O-])ccc2Br)cn1. The van der Waals surface area contributed by atoms with Crippen LogP contribution in [0.2, 0.25) is 0 Å². The fourth-order valence-corrected chi connectivity index (χ4v) is 1.96. The second-order valence-electron chi connectivity index (χ2n) is 3.99. The van der Waals surface area contributed by atoms with Gasteiger partial charge >= 0.3 is 0 Å². The molecule has 1 aromatic carbocycles. The van der Waals surface area contributed by atoms with Gasteiger partial charge in [-0.2, -0.15) is 5.10 Å². The van der Waals surface area contributed by atoms with E-state index >= 15 is 0 Å². The van der Waals surface area contributed by atoms with Crippen molar-refractivity contribution in [3.63, 3.8) is 0 Å². The molecule has 0 aliphatic carbocycles. The molecule has 1 aromatic heterocycles. The highest BCUT2D eigenvalue weighted by molar-refractivity contribution is 9.10. The van der Waals surface area contributed by atoms with Gasteiger partial charge in [-0.3, -0.25) is 14.8 Å². The fraction of sp³-hybridized carbons (Fsp3) is 0.250. The van der Waals surface area contributed by atoms with E-state index in [4.69, 9.17) is 4.74 Å². The molecule has 0 atom stereocenters. The fourth-order valence-electron chi connectivity index (χ4n) is 1.60. The predicted octanol–water partition coefficient (Wildman–Crippen LogP) is 2.71. The average Bonchev–Trinajstić information content (AvgIpc) is 2.77. The summed E-state index contributed by atoms with van der Waals surface area (Å²) in [4.78, 5) is 10.2. The molecule has 19 heavy (non-hydrogen) atoms. The number of rotatable bonds is 5. The van der Waals surface area contributed by atoms with Crippen LogP contribution in [0.5, 0.6) is 5.75 Å². The normalized spacial score (nSPS) is 10.4. The number of halogens is 1. The van der Waals surface area contributed by atoms with Crippen LogP contribution >= 0.6 is 15.9 Å². The molecule has 0 aliphatic heterocycles. The summed E-state index contributed by atoms with van der Waals surface area (Å²) in [6.45, 7) is 0.436. The first-order valence-corrected chi connectivity index (χ1v) is 6.40. The highest BCUT2D eigenvalue weighted by Crippen LogP contribution is 2.29. The van der Waals surface area contributed by atoms with Gasteiger partial charge < -0.3 is 4.74 Å². The molecular formula is C12H12BrN3O3. The minimum atomic E-state index is -0.444. The molecular weight excluding hydrogens is 314 g/mol.